The minimum absolute atomic E-state index is 0.341. The van der Waals surface area contributed by atoms with Crippen molar-refractivity contribution in [3.63, 3.8) is 0 Å². The highest BCUT2D eigenvalue weighted by Gasteiger charge is 2.31. The summed E-state index contributed by atoms with van der Waals surface area (Å²) in [7, 11) is 0. The molecule has 1 aromatic carbocycles. The molecule has 0 aromatic heterocycles. The zero-order valence-corrected chi connectivity index (χ0v) is 16.9. The molecule has 0 heterocycles. The third-order valence-corrected chi connectivity index (χ3v) is 3.08. The molecule has 1 aromatic rings. The van der Waals surface area contributed by atoms with E-state index in [0.717, 1.165) is 10.5 Å². The fourth-order valence-corrected chi connectivity index (χ4v) is 2.13. The number of hydrogen-bond acceptors (Lipinski definition) is 4. The van der Waals surface area contributed by atoms with Gasteiger partial charge in [-0.25, -0.2) is 14.5 Å². The summed E-state index contributed by atoms with van der Waals surface area (Å²) in [5, 5.41) is 0. The SMILES string of the molecule is C=C[C@@H](c1ccccc1)N(C(=O)OC(C)(C)C)/C(N)=N/C(=O)OC(C)(C)C. The van der Waals surface area contributed by atoms with Gasteiger partial charge in [0.25, 0.3) is 0 Å². The van der Waals surface area contributed by atoms with Crippen LogP contribution in [0.1, 0.15) is 53.1 Å². The van der Waals surface area contributed by atoms with Gasteiger partial charge in [-0.2, -0.15) is 0 Å². The number of guanidine groups is 1. The molecule has 0 aliphatic rings. The fourth-order valence-electron chi connectivity index (χ4n) is 2.13. The van der Waals surface area contributed by atoms with Gasteiger partial charge in [0.05, 0.1) is 6.04 Å². The number of ether oxygens (including phenoxy) is 2. The van der Waals surface area contributed by atoms with Crippen LogP contribution in [0.25, 0.3) is 0 Å². The minimum atomic E-state index is -0.899. The van der Waals surface area contributed by atoms with Gasteiger partial charge in [-0.1, -0.05) is 36.4 Å². The van der Waals surface area contributed by atoms with Gasteiger partial charge in [0.2, 0.25) is 5.96 Å². The monoisotopic (exact) mass is 375 g/mol. The highest BCUT2D eigenvalue weighted by Crippen LogP contribution is 2.24. The number of nitrogens with two attached hydrogens (primary N) is 1. The molecule has 27 heavy (non-hydrogen) atoms. The smallest absolute Gasteiger partial charge is 0.437 e. The molecular weight excluding hydrogens is 346 g/mol. The third-order valence-electron chi connectivity index (χ3n) is 3.08. The van der Waals surface area contributed by atoms with Gasteiger partial charge >= 0.3 is 12.2 Å². The van der Waals surface area contributed by atoms with Gasteiger partial charge in [0, 0.05) is 0 Å². The van der Waals surface area contributed by atoms with Crippen molar-refractivity contribution in [2.24, 2.45) is 10.7 Å². The first-order chi connectivity index (χ1) is 12.3. The van der Waals surface area contributed by atoms with E-state index < -0.39 is 29.4 Å². The second kappa shape index (κ2) is 8.70. The molecule has 0 fully saturated rings. The zero-order chi connectivity index (χ0) is 20.8. The van der Waals surface area contributed by atoms with Crippen molar-refractivity contribution in [1.82, 2.24) is 4.90 Å². The summed E-state index contributed by atoms with van der Waals surface area (Å²) in [5.74, 6) is -0.341. The van der Waals surface area contributed by atoms with Crippen LogP contribution in [-0.2, 0) is 9.47 Å². The molecule has 0 unspecified atom stereocenters. The molecule has 7 heteroatoms. The first-order valence-electron chi connectivity index (χ1n) is 8.61. The van der Waals surface area contributed by atoms with Gasteiger partial charge in [0.1, 0.15) is 11.2 Å². The molecule has 2 amide bonds. The standard InChI is InChI=1S/C20H29N3O4/c1-8-15(14-12-10-9-11-13-14)23(18(25)27-20(5,6)7)16(21)22-17(24)26-19(2,3)4/h8-13,15H,1H2,2-7H3,(H2,21,22,24)/t15-/m0/s1. The number of nitrogens with zero attached hydrogens (tertiary/aromatic N) is 2. The Balaban J connectivity index is 3.30. The summed E-state index contributed by atoms with van der Waals surface area (Å²) in [6.45, 7) is 14.1. The first kappa shape index (κ1) is 22.2. The summed E-state index contributed by atoms with van der Waals surface area (Å²) < 4.78 is 10.6. The van der Waals surface area contributed by atoms with Crippen LogP contribution in [0.15, 0.2) is 48.0 Å². The van der Waals surface area contributed by atoms with Crippen LogP contribution in [0.3, 0.4) is 0 Å². The number of benzene rings is 1. The molecule has 0 saturated carbocycles. The van der Waals surface area contributed by atoms with Crippen LogP contribution in [0, 0.1) is 0 Å². The van der Waals surface area contributed by atoms with Crippen LogP contribution < -0.4 is 5.73 Å². The number of aliphatic imine (C=N–C) groups is 1. The van der Waals surface area contributed by atoms with Crippen molar-refractivity contribution in [2.75, 3.05) is 0 Å². The molecule has 1 rings (SSSR count). The molecular formula is C20H29N3O4. The topological polar surface area (TPSA) is 94.2 Å². The summed E-state index contributed by atoms with van der Waals surface area (Å²) in [6.07, 6.45) is -0.123. The second-order valence-corrected chi connectivity index (χ2v) is 7.89. The normalized spacial score (nSPS) is 13.5. The molecule has 0 bridgehead atoms. The zero-order valence-electron chi connectivity index (χ0n) is 16.9. The van der Waals surface area contributed by atoms with E-state index in [-0.39, 0.29) is 5.96 Å². The van der Waals surface area contributed by atoms with Crippen molar-refractivity contribution in [3.05, 3.63) is 48.6 Å². The Morgan fingerprint density at radius 2 is 1.59 bits per heavy atom. The predicted octanol–water partition coefficient (Wildman–Crippen LogP) is 4.40. The van der Waals surface area contributed by atoms with E-state index in [2.05, 4.69) is 11.6 Å². The van der Waals surface area contributed by atoms with Gasteiger partial charge < -0.3 is 15.2 Å². The lowest BCUT2D eigenvalue weighted by molar-refractivity contribution is 0.0332. The average molecular weight is 375 g/mol. The Kier molecular flexibility index (Phi) is 7.16. The lowest BCUT2D eigenvalue weighted by atomic mass is 10.1. The molecule has 0 aliphatic heterocycles. The Hall–Kier alpha value is -2.83. The lowest BCUT2D eigenvalue weighted by Crippen LogP contribution is -2.46. The van der Waals surface area contributed by atoms with E-state index in [9.17, 15) is 9.59 Å². The Morgan fingerprint density at radius 1 is 1.07 bits per heavy atom. The van der Waals surface area contributed by atoms with Crippen LogP contribution in [-0.4, -0.2) is 34.2 Å². The van der Waals surface area contributed by atoms with E-state index in [1.807, 2.05) is 30.3 Å². The van der Waals surface area contributed by atoms with Crippen LogP contribution in [0.5, 0.6) is 0 Å². The van der Waals surface area contributed by atoms with E-state index in [1.165, 1.54) is 6.08 Å². The maximum absolute atomic E-state index is 12.8. The van der Waals surface area contributed by atoms with Gasteiger partial charge in [-0.15, -0.1) is 11.6 Å². The number of carbonyl (C=O) groups excluding carboxylic acids is 2. The Labute approximate surface area is 160 Å². The molecule has 148 valence electrons. The Morgan fingerprint density at radius 3 is 2.04 bits per heavy atom. The molecule has 0 aliphatic carbocycles. The van der Waals surface area contributed by atoms with Crippen LogP contribution in [0.2, 0.25) is 0 Å². The van der Waals surface area contributed by atoms with Crippen LogP contribution in [0.4, 0.5) is 9.59 Å². The van der Waals surface area contributed by atoms with Crippen molar-refractivity contribution >= 4 is 18.1 Å². The number of rotatable bonds is 3. The highest BCUT2D eigenvalue weighted by molar-refractivity contribution is 5.98. The predicted molar refractivity (Wildman–Crippen MR) is 105 cm³/mol. The number of carbonyl (C=O) groups is 2. The fraction of sp³-hybridized carbons (Fsp3) is 0.450. The lowest BCUT2D eigenvalue weighted by Gasteiger charge is -2.31. The minimum Gasteiger partial charge on any atom is -0.443 e. The molecule has 0 spiro atoms. The Bertz CT molecular complexity index is 700. The van der Waals surface area contributed by atoms with Crippen molar-refractivity contribution in [3.8, 4) is 0 Å². The van der Waals surface area contributed by atoms with Crippen molar-refractivity contribution in [1.29, 1.82) is 0 Å². The summed E-state index contributed by atoms with van der Waals surface area (Å²) >= 11 is 0. The van der Waals surface area contributed by atoms with Crippen LogP contribution >= 0.6 is 0 Å². The van der Waals surface area contributed by atoms with Gasteiger partial charge in [-0.3, -0.25) is 0 Å². The van der Waals surface area contributed by atoms with E-state index >= 15 is 0 Å². The molecule has 0 radical (unpaired) electrons. The van der Waals surface area contributed by atoms with Crippen molar-refractivity contribution < 1.29 is 19.1 Å². The third kappa shape index (κ3) is 7.52. The maximum atomic E-state index is 12.8. The largest absolute Gasteiger partial charge is 0.443 e. The van der Waals surface area contributed by atoms with E-state index in [4.69, 9.17) is 15.2 Å². The second-order valence-electron chi connectivity index (χ2n) is 7.89. The average Bonchev–Trinajstić information content (AvgIpc) is 2.49. The highest BCUT2D eigenvalue weighted by atomic mass is 16.6. The number of hydrogen-bond donors (Lipinski definition) is 1. The molecule has 7 nitrogen and oxygen atoms in total. The maximum Gasteiger partial charge on any atom is 0.437 e. The molecule has 1 atom stereocenters. The summed E-state index contributed by atoms with van der Waals surface area (Å²) in [6, 6.07) is 8.43. The van der Waals surface area contributed by atoms with Crippen molar-refractivity contribution in [2.45, 2.75) is 58.8 Å². The van der Waals surface area contributed by atoms with Gasteiger partial charge in [-0.05, 0) is 47.1 Å². The van der Waals surface area contributed by atoms with Gasteiger partial charge in [0.15, 0.2) is 0 Å². The molecule has 2 N–H and O–H groups in total. The van der Waals surface area contributed by atoms with E-state index in [1.54, 1.807) is 41.5 Å². The molecule has 0 saturated heterocycles. The number of amides is 2. The quantitative estimate of drug-likeness (QED) is 0.480. The summed E-state index contributed by atoms with van der Waals surface area (Å²) in [4.78, 5) is 29.6. The summed E-state index contributed by atoms with van der Waals surface area (Å²) in [5.41, 5.74) is 5.23. The first-order valence-corrected chi connectivity index (χ1v) is 8.61. The van der Waals surface area contributed by atoms with E-state index in [0.29, 0.717) is 0 Å².